The first-order valence-corrected chi connectivity index (χ1v) is 8.60. The molecule has 0 aliphatic carbocycles. The van der Waals surface area contributed by atoms with E-state index in [-0.39, 0.29) is 11.6 Å². The Balaban J connectivity index is 2.01. The molecule has 2 heterocycles. The van der Waals surface area contributed by atoms with Crippen LogP contribution >= 0.6 is 11.6 Å². The SMILES string of the molecule is CNC(=O)c1c(C)cccc1NC(=O)c1cc(C)nn1-c1ncccc1Cl. The van der Waals surface area contributed by atoms with E-state index in [9.17, 15) is 9.59 Å². The number of hydrogen-bond donors (Lipinski definition) is 2. The highest BCUT2D eigenvalue weighted by atomic mass is 35.5. The molecule has 0 atom stereocenters. The van der Waals surface area contributed by atoms with Crippen LogP contribution in [0.1, 0.15) is 32.1 Å². The zero-order valence-electron chi connectivity index (χ0n) is 15.1. The fourth-order valence-corrected chi connectivity index (χ4v) is 2.94. The van der Waals surface area contributed by atoms with Gasteiger partial charge < -0.3 is 10.6 Å². The lowest BCUT2D eigenvalue weighted by molar-refractivity contribution is 0.0963. The minimum atomic E-state index is -0.423. The average Bonchev–Trinajstić information content (AvgIpc) is 3.03. The van der Waals surface area contributed by atoms with Gasteiger partial charge in [-0.05, 0) is 43.7 Å². The van der Waals surface area contributed by atoms with Crippen LogP contribution in [0.25, 0.3) is 5.82 Å². The van der Waals surface area contributed by atoms with Gasteiger partial charge in [-0.3, -0.25) is 9.59 Å². The Hall–Kier alpha value is -3.19. The zero-order valence-corrected chi connectivity index (χ0v) is 15.8. The zero-order chi connectivity index (χ0) is 19.6. The molecule has 0 aliphatic rings. The van der Waals surface area contributed by atoms with Gasteiger partial charge in [0, 0.05) is 13.2 Å². The van der Waals surface area contributed by atoms with Crippen molar-refractivity contribution in [1.29, 1.82) is 0 Å². The molecule has 3 rings (SSSR count). The number of rotatable bonds is 4. The molecule has 8 heteroatoms. The molecule has 2 N–H and O–H groups in total. The van der Waals surface area contributed by atoms with E-state index in [2.05, 4.69) is 20.7 Å². The molecule has 2 amide bonds. The Morgan fingerprint density at radius 1 is 1.11 bits per heavy atom. The average molecular weight is 384 g/mol. The maximum Gasteiger partial charge on any atom is 0.274 e. The smallest absolute Gasteiger partial charge is 0.274 e. The normalized spacial score (nSPS) is 10.5. The van der Waals surface area contributed by atoms with Crippen molar-refractivity contribution in [2.24, 2.45) is 0 Å². The summed E-state index contributed by atoms with van der Waals surface area (Å²) in [5.41, 5.74) is 2.48. The second kappa shape index (κ2) is 7.59. The quantitative estimate of drug-likeness (QED) is 0.724. The lowest BCUT2D eigenvalue weighted by Gasteiger charge is -2.13. The topological polar surface area (TPSA) is 88.9 Å². The lowest BCUT2D eigenvalue weighted by Crippen LogP contribution is -2.23. The molecule has 0 radical (unpaired) electrons. The van der Waals surface area contributed by atoms with Gasteiger partial charge in [-0.2, -0.15) is 5.10 Å². The summed E-state index contributed by atoms with van der Waals surface area (Å²) in [5, 5.41) is 10.1. The van der Waals surface area contributed by atoms with E-state index < -0.39 is 5.91 Å². The number of nitrogens with one attached hydrogen (secondary N) is 2. The molecule has 0 spiro atoms. The Morgan fingerprint density at radius 3 is 2.59 bits per heavy atom. The maximum absolute atomic E-state index is 12.9. The van der Waals surface area contributed by atoms with Gasteiger partial charge in [0.05, 0.1) is 22.0 Å². The number of halogens is 1. The highest BCUT2D eigenvalue weighted by Gasteiger charge is 2.20. The molecule has 2 aromatic heterocycles. The summed E-state index contributed by atoms with van der Waals surface area (Å²) >= 11 is 6.20. The number of aryl methyl sites for hydroxylation is 2. The lowest BCUT2D eigenvalue weighted by atomic mass is 10.1. The third kappa shape index (κ3) is 3.68. The van der Waals surface area contributed by atoms with Gasteiger partial charge in [-0.1, -0.05) is 23.7 Å². The van der Waals surface area contributed by atoms with Crippen molar-refractivity contribution in [2.45, 2.75) is 13.8 Å². The number of amides is 2. The van der Waals surface area contributed by atoms with Crippen LogP contribution in [-0.4, -0.2) is 33.6 Å². The highest BCUT2D eigenvalue weighted by molar-refractivity contribution is 6.32. The molecule has 0 bridgehead atoms. The Morgan fingerprint density at radius 2 is 1.89 bits per heavy atom. The van der Waals surface area contributed by atoms with E-state index in [0.717, 1.165) is 5.56 Å². The van der Waals surface area contributed by atoms with Crippen molar-refractivity contribution in [2.75, 3.05) is 12.4 Å². The second-order valence-electron chi connectivity index (χ2n) is 5.92. The van der Waals surface area contributed by atoms with Crippen molar-refractivity contribution in [3.63, 3.8) is 0 Å². The number of aromatic nitrogens is 3. The molecule has 3 aromatic rings. The number of anilines is 1. The Labute approximate surface area is 161 Å². The number of hydrogen-bond acceptors (Lipinski definition) is 4. The molecule has 138 valence electrons. The highest BCUT2D eigenvalue weighted by Crippen LogP contribution is 2.23. The van der Waals surface area contributed by atoms with Crippen LogP contribution in [0.5, 0.6) is 0 Å². The van der Waals surface area contributed by atoms with Gasteiger partial charge in [0.25, 0.3) is 11.8 Å². The summed E-state index contributed by atoms with van der Waals surface area (Å²) in [5.74, 6) is -0.345. The molecule has 7 nitrogen and oxygen atoms in total. The summed E-state index contributed by atoms with van der Waals surface area (Å²) in [7, 11) is 1.54. The number of pyridine rings is 1. The van der Waals surface area contributed by atoms with E-state index in [1.807, 2.05) is 13.0 Å². The van der Waals surface area contributed by atoms with Crippen LogP contribution in [-0.2, 0) is 0 Å². The molecule has 0 aliphatic heterocycles. The molecule has 27 heavy (non-hydrogen) atoms. The van der Waals surface area contributed by atoms with Gasteiger partial charge in [-0.25, -0.2) is 9.67 Å². The van der Waals surface area contributed by atoms with Crippen LogP contribution in [0.15, 0.2) is 42.6 Å². The van der Waals surface area contributed by atoms with Crippen LogP contribution < -0.4 is 10.6 Å². The van der Waals surface area contributed by atoms with Crippen molar-refractivity contribution in [1.82, 2.24) is 20.1 Å². The maximum atomic E-state index is 12.9. The second-order valence-corrected chi connectivity index (χ2v) is 6.33. The van der Waals surface area contributed by atoms with Gasteiger partial charge in [-0.15, -0.1) is 0 Å². The van der Waals surface area contributed by atoms with E-state index in [0.29, 0.717) is 27.8 Å². The summed E-state index contributed by atoms with van der Waals surface area (Å²) < 4.78 is 1.39. The van der Waals surface area contributed by atoms with Crippen molar-refractivity contribution in [3.05, 3.63) is 70.1 Å². The monoisotopic (exact) mass is 383 g/mol. The Bertz CT molecular complexity index is 1030. The summed E-state index contributed by atoms with van der Waals surface area (Å²) in [6, 6.07) is 10.3. The van der Waals surface area contributed by atoms with Crippen LogP contribution in [0.4, 0.5) is 5.69 Å². The largest absolute Gasteiger partial charge is 0.355 e. The first kappa shape index (κ1) is 18.6. The van der Waals surface area contributed by atoms with Crippen molar-refractivity contribution in [3.8, 4) is 5.82 Å². The third-order valence-electron chi connectivity index (χ3n) is 3.98. The fraction of sp³-hybridized carbons (Fsp3) is 0.158. The van der Waals surface area contributed by atoms with E-state index >= 15 is 0 Å². The first-order chi connectivity index (χ1) is 12.9. The van der Waals surface area contributed by atoms with Crippen molar-refractivity contribution >= 4 is 29.1 Å². The molecule has 0 fully saturated rings. The predicted molar refractivity (Wildman–Crippen MR) is 104 cm³/mol. The van der Waals surface area contributed by atoms with Crippen LogP contribution in [0.3, 0.4) is 0 Å². The van der Waals surface area contributed by atoms with Crippen LogP contribution in [0, 0.1) is 13.8 Å². The first-order valence-electron chi connectivity index (χ1n) is 8.23. The number of nitrogens with zero attached hydrogens (tertiary/aromatic N) is 3. The number of carbonyl (C=O) groups excluding carboxylic acids is 2. The Kier molecular flexibility index (Phi) is 5.23. The van der Waals surface area contributed by atoms with Crippen LogP contribution in [0.2, 0.25) is 5.02 Å². The molecular weight excluding hydrogens is 366 g/mol. The third-order valence-corrected chi connectivity index (χ3v) is 4.27. The summed E-state index contributed by atoms with van der Waals surface area (Å²) in [4.78, 5) is 29.3. The molecular formula is C19H18ClN5O2. The summed E-state index contributed by atoms with van der Waals surface area (Å²) in [6.45, 7) is 3.58. The minimum Gasteiger partial charge on any atom is -0.355 e. The molecule has 0 saturated heterocycles. The van der Waals surface area contributed by atoms with E-state index in [1.54, 1.807) is 50.5 Å². The van der Waals surface area contributed by atoms with Gasteiger partial charge in [0.15, 0.2) is 5.82 Å². The van der Waals surface area contributed by atoms with Gasteiger partial charge >= 0.3 is 0 Å². The molecule has 1 aromatic carbocycles. The number of benzene rings is 1. The molecule has 0 saturated carbocycles. The van der Waals surface area contributed by atoms with Crippen molar-refractivity contribution < 1.29 is 9.59 Å². The minimum absolute atomic E-state index is 0.262. The predicted octanol–water partition coefficient (Wildman–Crippen LogP) is 3.15. The van der Waals surface area contributed by atoms with E-state index in [1.165, 1.54) is 4.68 Å². The summed E-state index contributed by atoms with van der Waals surface area (Å²) in [6.07, 6.45) is 1.57. The fourth-order valence-electron chi connectivity index (χ4n) is 2.74. The van der Waals surface area contributed by atoms with Gasteiger partial charge in [0.2, 0.25) is 0 Å². The van der Waals surface area contributed by atoms with Gasteiger partial charge in [0.1, 0.15) is 5.69 Å². The molecule has 0 unspecified atom stereocenters. The standard InChI is InChI=1S/C19H18ClN5O2/c1-11-6-4-8-14(16(11)19(27)21-3)23-18(26)15-10-12(2)24-25(15)17-13(20)7-5-9-22-17/h4-10H,1-3H3,(H,21,27)(H,23,26). The number of carbonyl (C=O) groups is 2. The van der Waals surface area contributed by atoms with E-state index in [4.69, 9.17) is 11.6 Å².